The molecule has 0 bridgehead atoms. The number of nitrogens with two attached hydrogens (primary N) is 1. The van der Waals surface area contributed by atoms with Crippen LogP contribution in [-0.2, 0) is 9.59 Å². The van der Waals surface area contributed by atoms with Crippen LogP contribution in [0.25, 0.3) is 0 Å². The van der Waals surface area contributed by atoms with Gasteiger partial charge in [-0.15, -0.1) is 0 Å². The zero-order valence-electron chi connectivity index (χ0n) is 8.40. The van der Waals surface area contributed by atoms with Gasteiger partial charge in [0.05, 0.1) is 12.0 Å². The molecule has 15 heavy (non-hydrogen) atoms. The number of amides is 1. The van der Waals surface area contributed by atoms with Gasteiger partial charge < -0.3 is 21.3 Å². The first kappa shape index (κ1) is 11.9. The largest absolute Gasteiger partial charge is 0.480 e. The minimum absolute atomic E-state index is 0.219. The Hall–Kier alpha value is -1.14. The number of carbonyl (C=O) groups excluding carboxylic acids is 1. The minimum Gasteiger partial charge on any atom is -0.480 e. The highest BCUT2D eigenvalue weighted by Gasteiger charge is 2.43. The van der Waals surface area contributed by atoms with Crippen LogP contribution < -0.4 is 11.1 Å². The molecule has 0 radical (unpaired) electrons. The topological polar surface area (TPSA) is 113 Å². The maximum Gasteiger partial charge on any atom is 0.328 e. The maximum atomic E-state index is 11.7. The molecule has 1 fully saturated rings. The van der Waals surface area contributed by atoms with Crippen molar-refractivity contribution in [2.24, 2.45) is 11.1 Å². The number of aliphatic carboxylic acids is 1. The van der Waals surface area contributed by atoms with E-state index in [1.54, 1.807) is 0 Å². The van der Waals surface area contributed by atoms with Crippen LogP contribution in [0, 0.1) is 5.41 Å². The van der Waals surface area contributed by atoms with Crippen molar-refractivity contribution in [3.05, 3.63) is 0 Å². The van der Waals surface area contributed by atoms with Crippen molar-refractivity contribution in [2.75, 3.05) is 13.2 Å². The van der Waals surface area contributed by atoms with Gasteiger partial charge in [0.25, 0.3) is 0 Å². The van der Waals surface area contributed by atoms with Gasteiger partial charge >= 0.3 is 5.97 Å². The number of carboxylic acids is 1. The lowest BCUT2D eigenvalue weighted by Crippen LogP contribution is -2.55. The molecule has 1 amide bonds. The second-order valence-corrected chi connectivity index (χ2v) is 3.88. The quantitative estimate of drug-likeness (QED) is 0.455. The zero-order valence-corrected chi connectivity index (χ0v) is 8.40. The van der Waals surface area contributed by atoms with Gasteiger partial charge in [0.1, 0.15) is 6.04 Å². The van der Waals surface area contributed by atoms with Crippen molar-refractivity contribution in [3.8, 4) is 0 Å². The molecule has 6 nitrogen and oxygen atoms in total. The van der Waals surface area contributed by atoms with Gasteiger partial charge in [0.2, 0.25) is 5.91 Å². The van der Waals surface area contributed by atoms with Crippen molar-refractivity contribution < 1.29 is 19.8 Å². The lowest BCUT2D eigenvalue weighted by atomic mass is 9.68. The number of hydrogen-bond donors (Lipinski definition) is 4. The molecule has 0 aromatic carbocycles. The first-order valence-corrected chi connectivity index (χ1v) is 4.90. The van der Waals surface area contributed by atoms with E-state index < -0.39 is 24.0 Å². The molecule has 0 aliphatic heterocycles. The summed E-state index contributed by atoms with van der Waals surface area (Å²) < 4.78 is 0. The van der Waals surface area contributed by atoms with E-state index in [-0.39, 0.29) is 12.5 Å². The van der Waals surface area contributed by atoms with Crippen molar-refractivity contribution in [2.45, 2.75) is 25.3 Å². The SMILES string of the molecule is NCC1(C(=O)N[C@@H](CO)C(=O)O)CCC1. The van der Waals surface area contributed by atoms with E-state index >= 15 is 0 Å². The highest BCUT2D eigenvalue weighted by atomic mass is 16.4. The summed E-state index contributed by atoms with van der Waals surface area (Å²) in [5, 5.41) is 19.7. The molecule has 0 unspecified atom stereocenters. The molecule has 0 aromatic heterocycles. The summed E-state index contributed by atoms with van der Waals surface area (Å²) in [6, 6.07) is -1.23. The Morgan fingerprint density at radius 2 is 2.07 bits per heavy atom. The average molecular weight is 216 g/mol. The Morgan fingerprint density at radius 3 is 2.33 bits per heavy atom. The summed E-state index contributed by atoms with van der Waals surface area (Å²) in [7, 11) is 0. The van der Waals surface area contributed by atoms with E-state index in [2.05, 4.69) is 5.32 Å². The Morgan fingerprint density at radius 1 is 1.47 bits per heavy atom. The number of rotatable bonds is 5. The van der Waals surface area contributed by atoms with Crippen LogP contribution in [0.4, 0.5) is 0 Å². The standard InChI is InChI=1S/C9H16N2O4/c10-5-9(2-1-3-9)8(15)11-6(4-12)7(13)14/h6,12H,1-5,10H2,(H,11,15)(H,13,14)/t6-/m0/s1. The first-order chi connectivity index (χ1) is 7.05. The van der Waals surface area contributed by atoms with Crippen LogP contribution >= 0.6 is 0 Å². The molecule has 0 spiro atoms. The summed E-state index contributed by atoms with van der Waals surface area (Å²) in [6.07, 6.45) is 2.31. The fraction of sp³-hybridized carbons (Fsp3) is 0.778. The molecule has 1 saturated carbocycles. The van der Waals surface area contributed by atoms with Crippen LogP contribution in [-0.4, -0.2) is 41.3 Å². The summed E-state index contributed by atoms with van der Waals surface area (Å²) in [4.78, 5) is 22.3. The molecule has 1 rings (SSSR count). The molecule has 1 atom stereocenters. The third-order valence-corrected chi connectivity index (χ3v) is 2.97. The predicted octanol–water partition coefficient (Wildman–Crippen LogP) is -1.32. The smallest absolute Gasteiger partial charge is 0.328 e. The van der Waals surface area contributed by atoms with Crippen LogP contribution in [0.3, 0.4) is 0 Å². The maximum absolute atomic E-state index is 11.7. The van der Waals surface area contributed by atoms with Gasteiger partial charge in [-0.1, -0.05) is 6.42 Å². The van der Waals surface area contributed by atoms with Crippen molar-refractivity contribution >= 4 is 11.9 Å². The summed E-state index contributed by atoms with van der Waals surface area (Å²) in [5.74, 6) is -1.60. The van der Waals surface area contributed by atoms with Gasteiger partial charge in [-0.2, -0.15) is 0 Å². The van der Waals surface area contributed by atoms with Crippen molar-refractivity contribution in [3.63, 3.8) is 0 Å². The molecule has 1 aliphatic carbocycles. The number of nitrogens with one attached hydrogen (secondary N) is 1. The van der Waals surface area contributed by atoms with E-state index in [1.807, 2.05) is 0 Å². The molecule has 0 heterocycles. The van der Waals surface area contributed by atoms with Crippen molar-refractivity contribution in [1.82, 2.24) is 5.32 Å². The highest BCUT2D eigenvalue weighted by molar-refractivity contribution is 5.88. The normalized spacial score (nSPS) is 20.1. The van der Waals surface area contributed by atoms with Crippen LogP contribution in [0.2, 0.25) is 0 Å². The van der Waals surface area contributed by atoms with Crippen LogP contribution in [0.15, 0.2) is 0 Å². The monoisotopic (exact) mass is 216 g/mol. The lowest BCUT2D eigenvalue weighted by molar-refractivity contribution is -0.146. The third-order valence-electron chi connectivity index (χ3n) is 2.97. The Labute approximate surface area is 87.5 Å². The predicted molar refractivity (Wildman–Crippen MR) is 52.0 cm³/mol. The van der Waals surface area contributed by atoms with Gasteiger partial charge in [0.15, 0.2) is 0 Å². The van der Waals surface area contributed by atoms with E-state index in [9.17, 15) is 9.59 Å². The van der Waals surface area contributed by atoms with E-state index in [4.69, 9.17) is 15.9 Å². The van der Waals surface area contributed by atoms with Crippen LogP contribution in [0.5, 0.6) is 0 Å². The fourth-order valence-electron chi connectivity index (χ4n) is 1.62. The van der Waals surface area contributed by atoms with Crippen molar-refractivity contribution in [1.29, 1.82) is 0 Å². The summed E-state index contributed by atoms with van der Waals surface area (Å²) >= 11 is 0. The second-order valence-electron chi connectivity index (χ2n) is 3.88. The molecular weight excluding hydrogens is 200 g/mol. The second kappa shape index (κ2) is 4.59. The molecule has 0 saturated heterocycles. The van der Waals surface area contributed by atoms with Crippen LogP contribution in [0.1, 0.15) is 19.3 Å². The molecule has 6 heteroatoms. The minimum atomic E-state index is -1.24. The van der Waals surface area contributed by atoms with E-state index in [0.29, 0.717) is 12.8 Å². The number of hydrogen-bond acceptors (Lipinski definition) is 4. The molecule has 0 aromatic rings. The number of aliphatic hydroxyl groups excluding tert-OH is 1. The average Bonchev–Trinajstić information content (AvgIpc) is 2.12. The highest BCUT2D eigenvalue weighted by Crippen LogP contribution is 2.40. The van der Waals surface area contributed by atoms with E-state index in [1.165, 1.54) is 0 Å². The third kappa shape index (κ3) is 2.27. The molecule has 86 valence electrons. The van der Waals surface area contributed by atoms with Gasteiger partial charge in [-0.05, 0) is 12.8 Å². The number of aliphatic hydroxyl groups is 1. The van der Waals surface area contributed by atoms with Gasteiger partial charge in [0, 0.05) is 6.54 Å². The zero-order chi connectivity index (χ0) is 11.5. The van der Waals surface area contributed by atoms with Gasteiger partial charge in [-0.3, -0.25) is 4.79 Å². The summed E-state index contributed by atoms with van der Waals surface area (Å²) in [6.45, 7) is -0.391. The Kier molecular flexibility index (Phi) is 3.65. The van der Waals surface area contributed by atoms with E-state index in [0.717, 1.165) is 6.42 Å². The number of carbonyl (C=O) groups is 2. The molecule has 1 aliphatic rings. The first-order valence-electron chi connectivity index (χ1n) is 4.90. The summed E-state index contributed by atoms with van der Waals surface area (Å²) in [5.41, 5.74) is 4.88. The Balaban J connectivity index is 2.57. The molecular formula is C9H16N2O4. The molecule has 5 N–H and O–H groups in total. The Bertz CT molecular complexity index is 257. The fourth-order valence-corrected chi connectivity index (χ4v) is 1.62. The lowest BCUT2D eigenvalue weighted by Gasteiger charge is -2.39. The number of carboxylic acid groups (broad SMARTS) is 1. The van der Waals surface area contributed by atoms with Gasteiger partial charge in [-0.25, -0.2) is 4.79 Å².